The maximum Gasteiger partial charge on any atom is 0.0374 e. The molecule has 0 bridgehead atoms. The van der Waals surface area contributed by atoms with Gasteiger partial charge in [0, 0.05) is 11.7 Å². The van der Waals surface area contributed by atoms with Gasteiger partial charge in [-0.25, -0.2) is 0 Å². The van der Waals surface area contributed by atoms with Crippen molar-refractivity contribution in [3.63, 3.8) is 0 Å². The summed E-state index contributed by atoms with van der Waals surface area (Å²) in [5, 5.41) is 7.14. The first-order valence-corrected chi connectivity index (χ1v) is 6.30. The number of benzene rings is 1. The summed E-state index contributed by atoms with van der Waals surface area (Å²) in [6, 6.07) is 7.27. The van der Waals surface area contributed by atoms with Crippen LogP contribution in [0.2, 0.25) is 0 Å². The van der Waals surface area contributed by atoms with Gasteiger partial charge in [0.15, 0.2) is 0 Å². The molecule has 1 aliphatic rings. The molecule has 0 amide bonds. The fraction of sp³-hybridized carbons (Fsp3) is 0.571. The van der Waals surface area contributed by atoms with Crippen molar-refractivity contribution >= 4 is 5.69 Å². The molecular weight excluding hydrogens is 196 g/mol. The topological polar surface area (TPSA) is 24.1 Å². The molecule has 88 valence electrons. The molecule has 0 saturated carbocycles. The van der Waals surface area contributed by atoms with E-state index < -0.39 is 0 Å². The van der Waals surface area contributed by atoms with Crippen LogP contribution in [0.1, 0.15) is 30.4 Å². The SMILES string of the molecule is Cc1ccc(C)c(NC2CCCNCC2)c1. The van der Waals surface area contributed by atoms with E-state index in [0.29, 0.717) is 6.04 Å². The van der Waals surface area contributed by atoms with Crippen LogP contribution in [0.5, 0.6) is 0 Å². The summed E-state index contributed by atoms with van der Waals surface area (Å²) in [7, 11) is 0. The molecule has 1 unspecified atom stereocenters. The Labute approximate surface area is 98.4 Å². The Morgan fingerprint density at radius 1 is 1.19 bits per heavy atom. The van der Waals surface area contributed by atoms with Crippen molar-refractivity contribution in [1.82, 2.24) is 5.32 Å². The lowest BCUT2D eigenvalue weighted by Gasteiger charge is -2.19. The third-order valence-corrected chi connectivity index (χ3v) is 3.33. The molecule has 1 fully saturated rings. The molecule has 1 heterocycles. The number of hydrogen-bond donors (Lipinski definition) is 2. The van der Waals surface area contributed by atoms with Gasteiger partial charge in [0.2, 0.25) is 0 Å². The van der Waals surface area contributed by atoms with Crippen molar-refractivity contribution in [2.75, 3.05) is 18.4 Å². The quantitative estimate of drug-likeness (QED) is 0.797. The smallest absolute Gasteiger partial charge is 0.0374 e. The van der Waals surface area contributed by atoms with Crippen LogP contribution < -0.4 is 10.6 Å². The molecule has 1 aromatic carbocycles. The monoisotopic (exact) mass is 218 g/mol. The molecule has 1 saturated heterocycles. The Kier molecular flexibility index (Phi) is 3.83. The second-order valence-corrected chi connectivity index (χ2v) is 4.84. The molecule has 2 rings (SSSR count). The summed E-state index contributed by atoms with van der Waals surface area (Å²) in [5.74, 6) is 0. The van der Waals surface area contributed by atoms with Gasteiger partial charge in [0.05, 0.1) is 0 Å². The Hall–Kier alpha value is -1.02. The molecule has 0 radical (unpaired) electrons. The largest absolute Gasteiger partial charge is 0.382 e. The van der Waals surface area contributed by atoms with Crippen molar-refractivity contribution in [3.8, 4) is 0 Å². The highest BCUT2D eigenvalue weighted by Gasteiger charge is 2.12. The van der Waals surface area contributed by atoms with E-state index in [-0.39, 0.29) is 0 Å². The van der Waals surface area contributed by atoms with E-state index in [4.69, 9.17) is 0 Å². The molecule has 0 aromatic heterocycles. The predicted molar refractivity (Wildman–Crippen MR) is 70.0 cm³/mol. The van der Waals surface area contributed by atoms with Gasteiger partial charge in [-0.2, -0.15) is 0 Å². The highest BCUT2D eigenvalue weighted by Crippen LogP contribution is 2.20. The number of anilines is 1. The number of rotatable bonds is 2. The van der Waals surface area contributed by atoms with E-state index in [1.807, 2.05) is 0 Å². The minimum absolute atomic E-state index is 0.635. The molecular formula is C14H22N2. The second kappa shape index (κ2) is 5.35. The number of aryl methyl sites for hydroxylation is 2. The summed E-state index contributed by atoms with van der Waals surface area (Å²) in [6.45, 7) is 6.64. The van der Waals surface area contributed by atoms with E-state index in [1.54, 1.807) is 0 Å². The van der Waals surface area contributed by atoms with Crippen LogP contribution in [0.15, 0.2) is 18.2 Å². The lowest BCUT2D eigenvalue weighted by Crippen LogP contribution is -2.21. The van der Waals surface area contributed by atoms with Crippen LogP contribution >= 0.6 is 0 Å². The molecule has 0 spiro atoms. The maximum absolute atomic E-state index is 3.69. The summed E-state index contributed by atoms with van der Waals surface area (Å²) < 4.78 is 0. The van der Waals surface area contributed by atoms with Gasteiger partial charge >= 0.3 is 0 Å². The van der Waals surface area contributed by atoms with Crippen molar-refractivity contribution in [1.29, 1.82) is 0 Å². The van der Waals surface area contributed by atoms with Gasteiger partial charge in [0.1, 0.15) is 0 Å². The van der Waals surface area contributed by atoms with Gasteiger partial charge in [-0.15, -0.1) is 0 Å². The summed E-state index contributed by atoms with van der Waals surface area (Å²) in [6.07, 6.45) is 3.79. The maximum atomic E-state index is 3.69. The third-order valence-electron chi connectivity index (χ3n) is 3.33. The second-order valence-electron chi connectivity index (χ2n) is 4.84. The van der Waals surface area contributed by atoms with Crippen LogP contribution in [0, 0.1) is 13.8 Å². The zero-order valence-corrected chi connectivity index (χ0v) is 10.3. The van der Waals surface area contributed by atoms with Crippen molar-refractivity contribution in [2.24, 2.45) is 0 Å². The van der Waals surface area contributed by atoms with E-state index >= 15 is 0 Å². The molecule has 1 aromatic rings. The molecule has 2 heteroatoms. The predicted octanol–water partition coefficient (Wildman–Crippen LogP) is 2.86. The van der Waals surface area contributed by atoms with Crippen molar-refractivity contribution < 1.29 is 0 Å². The molecule has 0 aliphatic carbocycles. The van der Waals surface area contributed by atoms with Gasteiger partial charge < -0.3 is 10.6 Å². The average Bonchev–Trinajstić information content (AvgIpc) is 2.52. The van der Waals surface area contributed by atoms with Crippen LogP contribution in [0.3, 0.4) is 0 Å². The van der Waals surface area contributed by atoms with Crippen molar-refractivity contribution in [2.45, 2.75) is 39.2 Å². The Morgan fingerprint density at radius 2 is 2.06 bits per heavy atom. The minimum Gasteiger partial charge on any atom is -0.382 e. The van der Waals surface area contributed by atoms with E-state index in [1.165, 1.54) is 42.6 Å². The van der Waals surface area contributed by atoms with Gasteiger partial charge in [-0.05, 0) is 63.4 Å². The zero-order valence-electron chi connectivity index (χ0n) is 10.3. The average molecular weight is 218 g/mol. The summed E-state index contributed by atoms with van der Waals surface area (Å²) >= 11 is 0. The Bertz CT molecular complexity index is 339. The first kappa shape index (κ1) is 11.5. The highest BCUT2D eigenvalue weighted by molar-refractivity contribution is 5.53. The van der Waals surface area contributed by atoms with Crippen LogP contribution in [0.4, 0.5) is 5.69 Å². The lowest BCUT2D eigenvalue weighted by atomic mass is 10.1. The van der Waals surface area contributed by atoms with E-state index in [0.717, 1.165) is 6.54 Å². The molecule has 2 N–H and O–H groups in total. The Morgan fingerprint density at radius 3 is 2.94 bits per heavy atom. The van der Waals surface area contributed by atoms with Gasteiger partial charge in [-0.3, -0.25) is 0 Å². The minimum atomic E-state index is 0.635. The summed E-state index contributed by atoms with van der Waals surface area (Å²) in [4.78, 5) is 0. The molecule has 1 aliphatic heterocycles. The van der Waals surface area contributed by atoms with E-state index in [9.17, 15) is 0 Å². The third kappa shape index (κ3) is 2.99. The van der Waals surface area contributed by atoms with Gasteiger partial charge in [0.25, 0.3) is 0 Å². The molecule has 1 atom stereocenters. The number of nitrogens with one attached hydrogen (secondary N) is 2. The van der Waals surface area contributed by atoms with Crippen LogP contribution in [-0.2, 0) is 0 Å². The number of hydrogen-bond acceptors (Lipinski definition) is 2. The molecule has 2 nitrogen and oxygen atoms in total. The van der Waals surface area contributed by atoms with Crippen molar-refractivity contribution in [3.05, 3.63) is 29.3 Å². The zero-order chi connectivity index (χ0) is 11.4. The van der Waals surface area contributed by atoms with E-state index in [2.05, 4.69) is 42.7 Å². The molecule has 16 heavy (non-hydrogen) atoms. The first-order chi connectivity index (χ1) is 7.75. The van der Waals surface area contributed by atoms with Crippen LogP contribution in [-0.4, -0.2) is 19.1 Å². The standard InChI is InChI=1S/C14H22N2/c1-11-5-6-12(2)14(10-11)16-13-4-3-8-15-9-7-13/h5-6,10,13,15-16H,3-4,7-9H2,1-2H3. The lowest BCUT2D eigenvalue weighted by molar-refractivity contribution is 0.637. The normalized spacial score (nSPS) is 21.5. The van der Waals surface area contributed by atoms with Crippen LogP contribution in [0.25, 0.3) is 0 Å². The Balaban J connectivity index is 2.04. The van der Waals surface area contributed by atoms with Gasteiger partial charge in [-0.1, -0.05) is 12.1 Å². The highest BCUT2D eigenvalue weighted by atomic mass is 14.9. The first-order valence-electron chi connectivity index (χ1n) is 6.30. The fourth-order valence-electron chi connectivity index (χ4n) is 2.27. The summed E-state index contributed by atoms with van der Waals surface area (Å²) in [5.41, 5.74) is 3.99. The fourth-order valence-corrected chi connectivity index (χ4v) is 2.27.